The van der Waals surface area contributed by atoms with Gasteiger partial charge in [-0.05, 0) is 51.1 Å². The maximum absolute atomic E-state index is 15.0. The summed E-state index contributed by atoms with van der Waals surface area (Å²) in [7, 11) is 1.38. The molecule has 1 aliphatic rings. The van der Waals surface area contributed by atoms with Gasteiger partial charge in [0.1, 0.15) is 28.9 Å². The SMILES string of the molecule is CCN1CCN([C@H](C(=O)OC)c2ccc(Nc3ncc(F)c(-c4cc(F)c5nc(C)n(C(C)C)c5c4)n3)nc2)CC1. The number of aromatic nitrogens is 5. The fourth-order valence-electron chi connectivity index (χ4n) is 5.39. The van der Waals surface area contributed by atoms with Gasteiger partial charge >= 0.3 is 5.97 Å². The van der Waals surface area contributed by atoms with Gasteiger partial charge in [-0.1, -0.05) is 13.0 Å². The van der Waals surface area contributed by atoms with Crippen LogP contribution in [-0.2, 0) is 9.53 Å². The van der Waals surface area contributed by atoms with Crippen LogP contribution in [0.5, 0.6) is 0 Å². The van der Waals surface area contributed by atoms with E-state index in [9.17, 15) is 9.18 Å². The Labute approximate surface area is 237 Å². The molecule has 4 heterocycles. The minimum Gasteiger partial charge on any atom is -0.468 e. The van der Waals surface area contributed by atoms with Crippen molar-refractivity contribution in [2.75, 3.05) is 45.2 Å². The number of imidazole rings is 1. The van der Waals surface area contributed by atoms with Crippen LogP contribution in [0.1, 0.15) is 44.2 Å². The van der Waals surface area contributed by atoms with Crippen LogP contribution in [0.25, 0.3) is 22.3 Å². The Bertz CT molecular complexity index is 1550. The zero-order valence-electron chi connectivity index (χ0n) is 23.9. The molecule has 1 fully saturated rings. The highest BCUT2D eigenvalue weighted by Gasteiger charge is 2.31. The summed E-state index contributed by atoms with van der Waals surface area (Å²) in [4.78, 5) is 34.3. The standard InChI is InChI=1S/C29H34F2N8O2/c1-6-37-9-11-38(12-10-37)27(28(40)41-5)19-7-8-24(32-15-19)35-29-33-16-22(31)25(36-29)20-13-21(30)26-23(14-20)39(17(2)3)18(4)34-26/h7-8,13-17,27H,6,9-12H2,1-5H3,(H,32,33,35,36)/t27-/m0/s1. The van der Waals surface area contributed by atoms with Crippen LogP contribution in [-0.4, -0.2) is 80.1 Å². The number of esters is 1. The Hall–Kier alpha value is -4.03. The number of anilines is 2. The van der Waals surface area contributed by atoms with Gasteiger partial charge in [-0.2, -0.15) is 0 Å². The molecule has 0 unspecified atom stereocenters. The van der Waals surface area contributed by atoms with E-state index in [2.05, 4.69) is 42.0 Å². The molecule has 5 rings (SSSR count). The third-order valence-electron chi connectivity index (χ3n) is 7.44. The Morgan fingerprint density at radius 2 is 1.80 bits per heavy atom. The van der Waals surface area contributed by atoms with Gasteiger partial charge < -0.3 is 19.5 Å². The largest absolute Gasteiger partial charge is 0.468 e. The number of methoxy groups -OCH3 is 1. The molecular formula is C29H34F2N8O2. The van der Waals surface area contributed by atoms with Gasteiger partial charge in [-0.15, -0.1) is 0 Å². The molecule has 1 aliphatic heterocycles. The summed E-state index contributed by atoms with van der Waals surface area (Å²) in [5.74, 6) is -0.419. The van der Waals surface area contributed by atoms with Gasteiger partial charge in [0.05, 0.1) is 18.8 Å². The lowest BCUT2D eigenvalue weighted by atomic mass is 10.1. The number of rotatable bonds is 8. The number of piperazine rings is 1. The van der Waals surface area contributed by atoms with Gasteiger partial charge in [0.2, 0.25) is 5.95 Å². The van der Waals surface area contributed by atoms with Crippen molar-refractivity contribution in [2.45, 2.75) is 39.8 Å². The fourth-order valence-corrected chi connectivity index (χ4v) is 5.39. The normalized spacial score (nSPS) is 15.4. The number of hydrogen-bond acceptors (Lipinski definition) is 9. The number of ether oxygens (including phenoxy) is 1. The molecule has 4 aromatic rings. The van der Waals surface area contributed by atoms with E-state index in [0.717, 1.165) is 38.9 Å². The summed E-state index contributed by atoms with van der Waals surface area (Å²) in [5.41, 5.74) is 1.72. The van der Waals surface area contributed by atoms with E-state index in [-0.39, 0.29) is 34.7 Å². The number of pyridine rings is 1. The maximum Gasteiger partial charge on any atom is 0.327 e. The van der Waals surface area contributed by atoms with E-state index in [1.54, 1.807) is 24.4 Å². The number of fused-ring (bicyclic) bond motifs is 1. The van der Waals surface area contributed by atoms with E-state index < -0.39 is 17.7 Å². The van der Waals surface area contributed by atoms with E-state index in [1.165, 1.54) is 13.2 Å². The third kappa shape index (κ3) is 5.75. The van der Waals surface area contributed by atoms with Crippen molar-refractivity contribution in [1.82, 2.24) is 34.3 Å². The van der Waals surface area contributed by atoms with E-state index in [1.807, 2.05) is 25.3 Å². The predicted octanol–water partition coefficient (Wildman–Crippen LogP) is 4.65. The Morgan fingerprint density at radius 3 is 2.44 bits per heavy atom. The van der Waals surface area contributed by atoms with Crippen molar-refractivity contribution in [1.29, 1.82) is 0 Å². The van der Waals surface area contributed by atoms with Crippen LogP contribution in [0.15, 0.2) is 36.7 Å². The molecule has 1 N–H and O–H groups in total. The first-order chi connectivity index (χ1) is 19.7. The third-order valence-corrected chi connectivity index (χ3v) is 7.44. The van der Waals surface area contributed by atoms with Crippen molar-refractivity contribution in [3.8, 4) is 11.3 Å². The second kappa shape index (κ2) is 11.8. The summed E-state index contributed by atoms with van der Waals surface area (Å²) in [5, 5.41) is 2.98. The number of carbonyl (C=O) groups is 1. The lowest BCUT2D eigenvalue weighted by Gasteiger charge is -2.37. The molecule has 0 radical (unpaired) electrons. The number of hydrogen-bond donors (Lipinski definition) is 1. The van der Waals surface area contributed by atoms with Gasteiger partial charge in [0.15, 0.2) is 11.6 Å². The van der Waals surface area contributed by atoms with Crippen LogP contribution in [0.3, 0.4) is 0 Å². The first-order valence-corrected chi connectivity index (χ1v) is 13.7. The maximum atomic E-state index is 15.0. The highest BCUT2D eigenvalue weighted by atomic mass is 19.1. The number of aryl methyl sites for hydroxylation is 1. The average Bonchev–Trinajstić information content (AvgIpc) is 3.32. The first kappa shape index (κ1) is 28.5. The number of benzene rings is 1. The molecule has 1 saturated heterocycles. The molecule has 0 spiro atoms. The molecule has 0 amide bonds. The summed E-state index contributed by atoms with van der Waals surface area (Å²) in [6, 6.07) is 5.89. The summed E-state index contributed by atoms with van der Waals surface area (Å²) in [6.07, 6.45) is 2.65. The molecule has 216 valence electrons. The van der Waals surface area contributed by atoms with E-state index >= 15 is 4.39 Å². The summed E-state index contributed by atoms with van der Waals surface area (Å²) < 4.78 is 36.9. The molecule has 0 saturated carbocycles. The smallest absolute Gasteiger partial charge is 0.327 e. The monoisotopic (exact) mass is 564 g/mol. The van der Waals surface area contributed by atoms with E-state index in [0.29, 0.717) is 22.7 Å². The Kier molecular flexibility index (Phi) is 8.22. The van der Waals surface area contributed by atoms with Crippen LogP contribution in [0, 0.1) is 18.6 Å². The Balaban J connectivity index is 1.40. The molecule has 1 atom stereocenters. The average molecular weight is 565 g/mol. The van der Waals surface area contributed by atoms with Crippen molar-refractivity contribution >= 4 is 28.8 Å². The van der Waals surface area contributed by atoms with Gasteiger partial charge in [0, 0.05) is 44.0 Å². The predicted molar refractivity (Wildman–Crippen MR) is 152 cm³/mol. The highest BCUT2D eigenvalue weighted by molar-refractivity contribution is 5.83. The second-order valence-electron chi connectivity index (χ2n) is 10.3. The number of carbonyl (C=O) groups excluding carboxylic acids is 1. The lowest BCUT2D eigenvalue weighted by molar-refractivity contribution is -0.148. The molecule has 12 heteroatoms. The first-order valence-electron chi connectivity index (χ1n) is 13.7. The molecule has 10 nitrogen and oxygen atoms in total. The lowest BCUT2D eigenvalue weighted by Crippen LogP contribution is -2.49. The van der Waals surface area contributed by atoms with Gasteiger partial charge in [0.25, 0.3) is 0 Å². The van der Waals surface area contributed by atoms with Crippen LogP contribution >= 0.6 is 0 Å². The van der Waals surface area contributed by atoms with Crippen molar-refractivity contribution in [2.24, 2.45) is 0 Å². The molecule has 0 aliphatic carbocycles. The summed E-state index contributed by atoms with van der Waals surface area (Å²) >= 11 is 0. The second-order valence-corrected chi connectivity index (χ2v) is 10.3. The van der Waals surface area contributed by atoms with Gasteiger partial charge in [-0.25, -0.2) is 33.5 Å². The highest BCUT2D eigenvalue weighted by Crippen LogP contribution is 2.31. The molecule has 3 aromatic heterocycles. The molecular weight excluding hydrogens is 530 g/mol. The minimum atomic E-state index is -0.686. The van der Waals surface area contributed by atoms with Crippen LogP contribution in [0.4, 0.5) is 20.5 Å². The number of likely N-dealkylation sites (N-methyl/N-ethyl adjacent to an activating group) is 1. The quantitative estimate of drug-likeness (QED) is 0.307. The Morgan fingerprint density at radius 1 is 1.05 bits per heavy atom. The number of nitrogens with zero attached hydrogens (tertiary/aromatic N) is 7. The van der Waals surface area contributed by atoms with Crippen molar-refractivity contribution in [3.05, 3.63) is 59.7 Å². The van der Waals surface area contributed by atoms with E-state index in [4.69, 9.17) is 4.74 Å². The number of halogens is 2. The van der Waals surface area contributed by atoms with Crippen molar-refractivity contribution < 1.29 is 18.3 Å². The minimum absolute atomic E-state index is 0.0379. The number of nitrogens with one attached hydrogen (secondary N) is 1. The van der Waals surface area contributed by atoms with Crippen LogP contribution in [0.2, 0.25) is 0 Å². The van der Waals surface area contributed by atoms with Crippen molar-refractivity contribution in [3.63, 3.8) is 0 Å². The van der Waals surface area contributed by atoms with Crippen LogP contribution < -0.4 is 5.32 Å². The topological polar surface area (TPSA) is 101 Å². The van der Waals surface area contributed by atoms with Gasteiger partial charge in [-0.3, -0.25) is 4.90 Å². The summed E-state index contributed by atoms with van der Waals surface area (Å²) in [6.45, 7) is 12.1. The zero-order valence-corrected chi connectivity index (χ0v) is 23.9. The molecule has 41 heavy (non-hydrogen) atoms. The zero-order chi connectivity index (χ0) is 29.3. The fraction of sp³-hybridized carbons (Fsp3) is 0.414. The molecule has 0 bridgehead atoms. The molecule has 1 aromatic carbocycles.